The second kappa shape index (κ2) is 6.63. The molecular weight excluding hydrogens is 268 g/mol. The number of aliphatic hydroxyl groups is 1. The lowest BCUT2D eigenvalue weighted by Gasteiger charge is -2.43. The monoisotopic (exact) mass is 296 g/mol. The number of aliphatic hydroxyl groups excluding tert-OH is 1. The van der Waals surface area contributed by atoms with Crippen LogP contribution in [-0.2, 0) is 9.53 Å². The Kier molecular flexibility index (Phi) is 4.82. The van der Waals surface area contributed by atoms with E-state index in [0.717, 1.165) is 25.9 Å². The van der Waals surface area contributed by atoms with Crippen LogP contribution in [0.3, 0.4) is 0 Å². The Labute approximate surface area is 126 Å². The number of hydrogen-bond acceptors (Lipinski definition) is 4. The van der Waals surface area contributed by atoms with Crippen molar-refractivity contribution in [3.05, 3.63) is 0 Å². The minimum absolute atomic E-state index is 0.0899. The molecule has 0 aromatic heterocycles. The first-order chi connectivity index (χ1) is 10.1. The van der Waals surface area contributed by atoms with Crippen molar-refractivity contribution in [1.29, 1.82) is 0 Å². The van der Waals surface area contributed by atoms with E-state index in [1.54, 1.807) is 0 Å². The first-order valence-electron chi connectivity index (χ1n) is 8.44. The van der Waals surface area contributed by atoms with Crippen molar-refractivity contribution in [3.8, 4) is 0 Å². The third kappa shape index (κ3) is 3.41. The Hall–Kier alpha value is -0.650. The number of rotatable bonds is 4. The molecule has 120 valence electrons. The second-order valence-corrected chi connectivity index (χ2v) is 7.13. The van der Waals surface area contributed by atoms with Crippen molar-refractivity contribution < 1.29 is 14.6 Å². The van der Waals surface area contributed by atoms with Gasteiger partial charge in [0.25, 0.3) is 0 Å². The van der Waals surface area contributed by atoms with Crippen LogP contribution in [0.2, 0.25) is 0 Å². The molecule has 4 atom stereocenters. The van der Waals surface area contributed by atoms with Crippen LogP contribution in [0.25, 0.3) is 0 Å². The summed E-state index contributed by atoms with van der Waals surface area (Å²) < 4.78 is 5.28. The lowest BCUT2D eigenvalue weighted by Crippen LogP contribution is -2.49. The van der Waals surface area contributed by atoms with E-state index in [1.807, 2.05) is 0 Å². The molecule has 3 rings (SSSR count). The Balaban J connectivity index is 1.47. The van der Waals surface area contributed by atoms with Crippen molar-refractivity contribution >= 4 is 5.91 Å². The molecule has 1 aliphatic heterocycles. The molecule has 0 aromatic rings. The molecule has 1 saturated heterocycles. The largest absolute Gasteiger partial charge is 0.391 e. The Morgan fingerprint density at radius 1 is 1.29 bits per heavy atom. The van der Waals surface area contributed by atoms with Gasteiger partial charge in [0.1, 0.15) is 0 Å². The minimum atomic E-state index is -0.484. The van der Waals surface area contributed by atoms with E-state index in [2.05, 4.69) is 5.32 Å². The summed E-state index contributed by atoms with van der Waals surface area (Å²) in [7, 11) is 0. The van der Waals surface area contributed by atoms with Crippen LogP contribution < -0.4 is 11.1 Å². The number of carbonyl (C=O) groups is 1. The van der Waals surface area contributed by atoms with Gasteiger partial charge < -0.3 is 20.9 Å². The van der Waals surface area contributed by atoms with Gasteiger partial charge in [-0.05, 0) is 43.9 Å². The molecule has 5 nitrogen and oxygen atoms in total. The average molecular weight is 296 g/mol. The van der Waals surface area contributed by atoms with Crippen molar-refractivity contribution in [2.24, 2.45) is 29.4 Å². The molecule has 1 amide bonds. The maximum Gasteiger partial charge on any atom is 0.223 e. The fourth-order valence-electron chi connectivity index (χ4n) is 4.38. The molecule has 21 heavy (non-hydrogen) atoms. The molecule has 2 aliphatic carbocycles. The zero-order chi connectivity index (χ0) is 14.8. The summed E-state index contributed by atoms with van der Waals surface area (Å²) in [5, 5.41) is 13.0. The topological polar surface area (TPSA) is 84.6 Å². The highest BCUT2D eigenvalue weighted by atomic mass is 16.5. The van der Waals surface area contributed by atoms with Gasteiger partial charge in [0.2, 0.25) is 5.91 Å². The van der Waals surface area contributed by atoms with Crippen LogP contribution in [0.4, 0.5) is 0 Å². The third-order valence-corrected chi connectivity index (χ3v) is 5.78. The Morgan fingerprint density at radius 2 is 2.00 bits per heavy atom. The number of fused-ring (bicyclic) bond motifs is 2. The van der Waals surface area contributed by atoms with Crippen LogP contribution in [0.15, 0.2) is 0 Å². The molecule has 5 heteroatoms. The summed E-state index contributed by atoms with van der Waals surface area (Å²) in [5.74, 6) is 1.40. The number of hydrogen-bond donors (Lipinski definition) is 3. The summed E-state index contributed by atoms with van der Waals surface area (Å²) in [6.45, 7) is 1.68. The number of ether oxygens (including phenoxy) is 1. The van der Waals surface area contributed by atoms with Gasteiger partial charge >= 0.3 is 0 Å². The van der Waals surface area contributed by atoms with Crippen molar-refractivity contribution in [1.82, 2.24) is 5.32 Å². The summed E-state index contributed by atoms with van der Waals surface area (Å²) in [5.41, 5.74) is 6.27. The molecule has 4 N–H and O–H groups in total. The van der Waals surface area contributed by atoms with E-state index in [-0.39, 0.29) is 17.7 Å². The highest BCUT2D eigenvalue weighted by molar-refractivity contribution is 5.78. The van der Waals surface area contributed by atoms with Crippen molar-refractivity contribution in [2.75, 3.05) is 19.8 Å². The predicted octanol–water partition coefficient (Wildman–Crippen LogP) is 0.654. The van der Waals surface area contributed by atoms with E-state index < -0.39 is 6.10 Å². The molecular formula is C16H28N2O3. The first-order valence-corrected chi connectivity index (χ1v) is 8.44. The van der Waals surface area contributed by atoms with Gasteiger partial charge in [-0.25, -0.2) is 0 Å². The summed E-state index contributed by atoms with van der Waals surface area (Å²) in [4.78, 5) is 12.4. The molecule has 3 fully saturated rings. The fourth-order valence-corrected chi connectivity index (χ4v) is 4.38. The maximum absolute atomic E-state index is 12.4. The average Bonchev–Trinajstić information content (AvgIpc) is 2.98. The molecule has 0 aromatic carbocycles. The van der Waals surface area contributed by atoms with Crippen LogP contribution in [0.5, 0.6) is 0 Å². The highest BCUT2D eigenvalue weighted by Crippen LogP contribution is 2.41. The standard InChI is InChI=1S/C16H28N2O3/c17-15-10-2-1-3-11(15)7-13(6-10)16(20)18-8-14(19)12-4-5-21-9-12/h10-15,19H,1-9,17H2,(H,18,20). The summed E-state index contributed by atoms with van der Waals surface area (Å²) >= 11 is 0. The summed E-state index contributed by atoms with van der Waals surface area (Å²) in [6, 6.07) is 0.295. The Morgan fingerprint density at radius 3 is 2.62 bits per heavy atom. The van der Waals surface area contributed by atoms with Crippen molar-refractivity contribution in [3.63, 3.8) is 0 Å². The van der Waals surface area contributed by atoms with E-state index in [1.165, 1.54) is 19.3 Å². The SMILES string of the molecule is NC1C2CCCC1CC(C(=O)NCC(O)C1CCOC1)C2. The zero-order valence-corrected chi connectivity index (χ0v) is 12.7. The lowest BCUT2D eigenvalue weighted by atomic mass is 9.65. The van der Waals surface area contributed by atoms with Gasteiger partial charge in [-0.1, -0.05) is 6.42 Å². The van der Waals surface area contributed by atoms with Crippen LogP contribution in [0.1, 0.15) is 38.5 Å². The summed E-state index contributed by atoms with van der Waals surface area (Å²) in [6.07, 6.45) is 5.85. The molecule has 2 saturated carbocycles. The number of nitrogens with two attached hydrogens (primary N) is 1. The molecule has 3 aliphatic rings. The predicted molar refractivity (Wildman–Crippen MR) is 79.5 cm³/mol. The van der Waals surface area contributed by atoms with Crippen LogP contribution in [-0.4, -0.2) is 42.9 Å². The van der Waals surface area contributed by atoms with E-state index >= 15 is 0 Å². The van der Waals surface area contributed by atoms with Crippen molar-refractivity contribution in [2.45, 2.75) is 50.7 Å². The molecule has 2 bridgehead atoms. The fraction of sp³-hybridized carbons (Fsp3) is 0.938. The van der Waals surface area contributed by atoms with Gasteiger partial charge in [-0.3, -0.25) is 4.79 Å². The van der Waals surface area contributed by atoms with Gasteiger partial charge in [-0.2, -0.15) is 0 Å². The lowest BCUT2D eigenvalue weighted by molar-refractivity contribution is -0.128. The van der Waals surface area contributed by atoms with E-state index in [0.29, 0.717) is 31.0 Å². The Bertz CT molecular complexity index is 357. The zero-order valence-electron chi connectivity index (χ0n) is 12.7. The van der Waals surface area contributed by atoms with Gasteiger partial charge in [-0.15, -0.1) is 0 Å². The molecule has 0 spiro atoms. The van der Waals surface area contributed by atoms with Gasteiger partial charge in [0.05, 0.1) is 12.7 Å². The highest BCUT2D eigenvalue weighted by Gasteiger charge is 2.40. The smallest absolute Gasteiger partial charge is 0.223 e. The number of carbonyl (C=O) groups excluding carboxylic acids is 1. The minimum Gasteiger partial charge on any atom is -0.391 e. The number of amides is 1. The molecule has 4 unspecified atom stereocenters. The van der Waals surface area contributed by atoms with Gasteiger partial charge in [0.15, 0.2) is 0 Å². The maximum atomic E-state index is 12.4. The third-order valence-electron chi connectivity index (χ3n) is 5.78. The van der Waals surface area contributed by atoms with Crippen LogP contribution in [0, 0.1) is 23.7 Å². The van der Waals surface area contributed by atoms with E-state index in [9.17, 15) is 9.90 Å². The van der Waals surface area contributed by atoms with Gasteiger partial charge in [0, 0.05) is 31.0 Å². The molecule has 0 radical (unpaired) electrons. The quantitative estimate of drug-likeness (QED) is 0.711. The number of nitrogens with one attached hydrogen (secondary N) is 1. The molecule has 1 heterocycles. The first kappa shape index (κ1) is 15.3. The second-order valence-electron chi connectivity index (χ2n) is 7.13. The van der Waals surface area contributed by atoms with Crippen LogP contribution >= 0.6 is 0 Å². The van der Waals surface area contributed by atoms with E-state index in [4.69, 9.17) is 10.5 Å². The normalized spacial score (nSPS) is 40.8.